The van der Waals surface area contributed by atoms with Crippen LogP contribution in [0.4, 0.5) is 17.1 Å². The summed E-state index contributed by atoms with van der Waals surface area (Å²) in [5.41, 5.74) is 15.0. The molecule has 3 aromatic heterocycles. The molecule has 3 aromatic carbocycles. The zero-order valence-electron chi connectivity index (χ0n) is 60.6. The number of benzene rings is 3. The van der Waals surface area contributed by atoms with Crippen LogP contribution >= 0.6 is 15.6 Å². The number of fused-ring (bicyclic) bond motifs is 6. The molecule has 0 fully saturated rings. The number of aromatic nitrogens is 3. The van der Waals surface area contributed by atoms with Crippen molar-refractivity contribution in [2.75, 3.05) is 116 Å². The largest absolute Gasteiger partial charge is 0.494 e. The Bertz CT molecular complexity index is 2960. The van der Waals surface area contributed by atoms with Crippen molar-refractivity contribution in [2.45, 2.75) is 215 Å². The third kappa shape index (κ3) is 29.1. The lowest BCUT2D eigenvalue weighted by Gasteiger charge is -2.24. The van der Waals surface area contributed by atoms with Crippen molar-refractivity contribution in [3.05, 3.63) is 88.4 Å². The molecule has 20 nitrogen and oxygen atoms in total. The predicted molar refractivity (Wildman–Crippen MR) is 401 cm³/mol. The molecule has 0 amide bonds. The number of nitrogens with one attached hydrogen (secondary N) is 3. The molecule has 22 heteroatoms. The highest BCUT2D eigenvalue weighted by Crippen LogP contribution is 2.40. The summed E-state index contributed by atoms with van der Waals surface area (Å²) in [6.07, 6.45) is 33.2. The lowest BCUT2D eigenvalue weighted by molar-refractivity contribution is 0.264. The molecule has 9 rings (SSSR count). The van der Waals surface area contributed by atoms with Gasteiger partial charge >= 0.3 is 15.6 Å². The maximum Gasteiger partial charge on any atom is 0.466 e. The van der Waals surface area contributed by atoms with Crippen molar-refractivity contribution in [1.29, 1.82) is 0 Å². The highest BCUT2D eigenvalue weighted by Gasteiger charge is 2.23. The van der Waals surface area contributed by atoms with Crippen LogP contribution < -0.4 is 30.2 Å². The number of rotatable bonds is 36. The lowest BCUT2D eigenvalue weighted by atomic mass is 9.92. The monoisotopic (exact) mass is 1390 g/mol. The Balaban J connectivity index is 0.000000245. The number of hydrogen-bond donors (Lipinski definition) is 9. The van der Waals surface area contributed by atoms with Crippen molar-refractivity contribution in [3.63, 3.8) is 0 Å². The Labute approximate surface area is 581 Å². The van der Waals surface area contributed by atoms with Crippen molar-refractivity contribution >= 4 is 65.4 Å². The first-order valence-electron chi connectivity index (χ1n) is 36.7. The molecule has 0 unspecified atom stereocenters. The molecule has 3 heterocycles. The minimum Gasteiger partial charge on any atom is -0.494 e. The number of ether oxygens (including phenoxy) is 3. The van der Waals surface area contributed by atoms with Crippen molar-refractivity contribution in [1.82, 2.24) is 29.7 Å². The normalized spacial score (nSPS) is 13.5. The minimum atomic E-state index is -4.64. The molecular formula is C75H123N9O11P2. The quantitative estimate of drug-likeness (QED) is 0.0131. The fourth-order valence-corrected chi connectivity index (χ4v) is 13.2. The third-order valence-corrected chi connectivity index (χ3v) is 18.3. The van der Waals surface area contributed by atoms with Crippen LogP contribution in [0.1, 0.15) is 210 Å². The number of unbranched alkanes of at least 4 members (excludes halogenated alkanes) is 6. The number of nitrogens with zero attached hydrogens (tertiary/aromatic N) is 6. The summed E-state index contributed by atoms with van der Waals surface area (Å²) in [6, 6.07) is 18.9. The highest BCUT2D eigenvalue weighted by molar-refractivity contribution is 7.45. The molecule has 0 saturated carbocycles. The van der Waals surface area contributed by atoms with Gasteiger partial charge < -0.3 is 74.2 Å². The smallest absolute Gasteiger partial charge is 0.466 e. The summed E-state index contributed by atoms with van der Waals surface area (Å²) in [4.78, 5) is 66.1. The van der Waals surface area contributed by atoms with Crippen molar-refractivity contribution in [2.24, 2.45) is 0 Å². The number of phosphoric acid groups is 2. The van der Waals surface area contributed by atoms with Gasteiger partial charge in [0.2, 0.25) is 0 Å². The van der Waals surface area contributed by atoms with E-state index < -0.39 is 15.6 Å². The molecule has 0 saturated heterocycles. The van der Waals surface area contributed by atoms with Gasteiger partial charge in [0.1, 0.15) is 33.8 Å². The van der Waals surface area contributed by atoms with Gasteiger partial charge in [0.05, 0.1) is 21.3 Å². The summed E-state index contributed by atoms with van der Waals surface area (Å²) in [5, 5.41) is 15.1. The van der Waals surface area contributed by atoms with Crippen molar-refractivity contribution < 1.29 is 52.7 Å². The van der Waals surface area contributed by atoms with Crippen LogP contribution in [0.25, 0.3) is 32.7 Å². The summed E-state index contributed by atoms with van der Waals surface area (Å²) >= 11 is 0. The van der Waals surface area contributed by atoms with Crippen LogP contribution in [0.5, 0.6) is 17.2 Å². The maximum atomic E-state index is 8.88. The van der Waals surface area contributed by atoms with Crippen LogP contribution in [0, 0.1) is 0 Å². The van der Waals surface area contributed by atoms with E-state index in [0.29, 0.717) is 0 Å². The fourth-order valence-electron chi connectivity index (χ4n) is 13.2. The summed E-state index contributed by atoms with van der Waals surface area (Å²) in [6.45, 7) is 27.7. The second kappa shape index (κ2) is 45.5. The molecule has 97 heavy (non-hydrogen) atoms. The Morgan fingerprint density at radius 1 is 0.361 bits per heavy atom. The number of anilines is 3. The first-order valence-corrected chi connectivity index (χ1v) is 39.9. The number of hydrogen-bond acceptors (Lipinski definition) is 14. The zero-order chi connectivity index (χ0) is 70.4. The average Bonchev–Trinajstić information content (AvgIpc) is 0.787. The van der Waals surface area contributed by atoms with Gasteiger partial charge in [-0.1, -0.05) is 116 Å². The third-order valence-electron chi connectivity index (χ3n) is 18.3. The first-order chi connectivity index (χ1) is 46.8. The SMILES string of the molecule is CCCCN(CCCC)CCCNc1c2c(nc3c(OC)cccc13)CCCC2.CCCCN(CCCC)CCCNc1c2c(nc3c(OC)cccc13)CCCC2.CCCCN(CCCC)CCCNc1c2c(nc3c(OC)cccc13)CCCC2.O=P(O)(O)O.O=P(O)(O)O. The molecule has 3 aliphatic carbocycles. The number of aryl methyl sites for hydroxylation is 3. The predicted octanol–water partition coefficient (Wildman–Crippen LogP) is 15.6. The minimum absolute atomic E-state index is 0.879. The molecule has 0 atom stereocenters. The fraction of sp³-hybridized carbons (Fsp3) is 0.640. The van der Waals surface area contributed by atoms with Crippen LogP contribution in [0.15, 0.2) is 54.6 Å². The van der Waals surface area contributed by atoms with Gasteiger partial charge in [0.15, 0.2) is 0 Å². The Kier molecular flexibility index (Phi) is 38.7. The van der Waals surface area contributed by atoms with Crippen LogP contribution in [-0.4, -0.2) is 159 Å². The Morgan fingerprint density at radius 2 is 0.577 bits per heavy atom. The topological polar surface area (TPSA) is 268 Å². The summed E-state index contributed by atoms with van der Waals surface area (Å²) < 4.78 is 34.6. The highest BCUT2D eigenvalue weighted by atomic mass is 31.2. The first kappa shape index (κ1) is 82.5. The van der Waals surface area contributed by atoms with Gasteiger partial charge in [-0.2, -0.15) is 0 Å². The van der Waals surface area contributed by atoms with Gasteiger partial charge in [-0.05, 0) is 229 Å². The molecule has 6 aromatic rings. The van der Waals surface area contributed by atoms with Gasteiger partial charge in [-0.3, -0.25) is 0 Å². The number of methoxy groups -OCH3 is 3. The zero-order valence-corrected chi connectivity index (χ0v) is 62.4. The molecule has 3 aliphatic rings. The van der Waals surface area contributed by atoms with Gasteiger partial charge in [0.25, 0.3) is 0 Å². The Morgan fingerprint density at radius 3 is 0.794 bits per heavy atom. The van der Waals surface area contributed by atoms with Crippen molar-refractivity contribution in [3.8, 4) is 17.2 Å². The molecule has 0 bridgehead atoms. The van der Waals surface area contributed by atoms with E-state index >= 15 is 0 Å². The Hall–Kier alpha value is -5.21. The number of para-hydroxylation sites is 3. The summed E-state index contributed by atoms with van der Waals surface area (Å²) in [7, 11) is -4.06. The molecule has 0 spiro atoms. The second-order valence-electron chi connectivity index (χ2n) is 25.9. The molecule has 0 aliphatic heterocycles. The van der Waals surface area contributed by atoms with E-state index in [2.05, 4.69) is 109 Å². The second-order valence-corrected chi connectivity index (χ2v) is 28.0. The van der Waals surface area contributed by atoms with E-state index in [4.69, 9.17) is 67.7 Å². The van der Waals surface area contributed by atoms with E-state index in [1.807, 2.05) is 18.2 Å². The average molecular weight is 1390 g/mol. The lowest BCUT2D eigenvalue weighted by Crippen LogP contribution is -2.28. The van der Waals surface area contributed by atoms with E-state index in [0.717, 1.165) is 92.0 Å². The van der Waals surface area contributed by atoms with E-state index in [-0.39, 0.29) is 0 Å². The number of pyridine rings is 3. The van der Waals surface area contributed by atoms with Crippen LogP contribution in [0.2, 0.25) is 0 Å². The van der Waals surface area contributed by atoms with E-state index in [1.54, 1.807) is 21.3 Å². The van der Waals surface area contributed by atoms with E-state index in [1.165, 1.54) is 261 Å². The maximum absolute atomic E-state index is 8.88. The molecule has 544 valence electrons. The molecule has 9 N–H and O–H groups in total. The van der Waals surface area contributed by atoms with Crippen LogP contribution in [-0.2, 0) is 47.7 Å². The molecular weight excluding hydrogens is 1260 g/mol. The standard InChI is InChI=1S/3C25H39N3O.2H3O4P/c3*1-4-6-17-28(18-7-5-2)19-11-16-26-24-20-12-8-9-14-22(20)27-25-21(24)13-10-15-23(25)29-3;2*1-5(2,3)4/h3*10,13,15H,4-9,11-12,14,16-19H2,1-3H3,(H,26,27);2*(H3,1,2,3,4). The summed E-state index contributed by atoms with van der Waals surface area (Å²) in [5.74, 6) is 2.64. The van der Waals surface area contributed by atoms with Gasteiger partial charge in [0, 0.05) is 69.9 Å². The van der Waals surface area contributed by atoms with Gasteiger partial charge in [-0.15, -0.1) is 0 Å². The van der Waals surface area contributed by atoms with Crippen LogP contribution in [0.3, 0.4) is 0 Å². The van der Waals surface area contributed by atoms with Gasteiger partial charge in [-0.25, -0.2) is 24.1 Å². The molecule has 0 radical (unpaired) electrons. The van der Waals surface area contributed by atoms with E-state index in [9.17, 15) is 0 Å².